The largest absolute Gasteiger partial charge is 0.495 e. The van der Waals surface area contributed by atoms with Gasteiger partial charge in [0.1, 0.15) is 10.6 Å². The van der Waals surface area contributed by atoms with Crippen molar-refractivity contribution < 1.29 is 22.7 Å². The molecule has 0 atom stereocenters. The van der Waals surface area contributed by atoms with Crippen LogP contribution in [0.2, 0.25) is 0 Å². The number of hydrogen-bond acceptors (Lipinski definition) is 7. The van der Waals surface area contributed by atoms with Gasteiger partial charge in [0.15, 0.2) is 0 Å². The van der Waals surface area contributed by atoms with Gasteiger partial charge in [0.25, 0.3) is 5.91 Å². The number of piperazine rings is 1. The van der Waals surface area contributed by atoms with Gasteiger partial charge in [-0.05, 0) is 35.9 Å². The molecule has 33 heavy (non-hydrogen) atoms. The Kier molecular flexibility index (Phi) is 8.41. The van der Waals surface area contributed by atoms with Gasteiger partial charge in [-0.1, -0.05) is 12.1 Å². The number of nitrogens with one attached hydrogen (secondary N) is 1. The number of carbonyl (C=O) groups excluding carboxylic acids is 1. The third kappa shape index (κ3) is 6.30. The highest BCUT2D eigenvalue weighted by Crippen LogP contribution is 2.25. The van der Waals surface area contributed by atoms with Gasteiger partial charge in [-0.2, -0.15) is 5.26 Å². The molecule has 10 heteroatoms. The van der Waals surface area contributed by atoms with Crippen molar-refractivity contribution in [2.45, 2.75) is 11.4 Å². The van der Waals surface area contributed by atoms with Gasteiger partial charge in [0, 0.05) is 51.9 Å². The van der Waals surface area contributed by atoms with Crippen LogP contribution in [0.25, 0.3) is 0 Å². The monoisotopic (exact) mass is 472 g/mol. The molecule has 1 heterocycles. The highest BCUT2D eigenvalue weighted by atomic mass is 32.2. The number of rotatable bonds is 9. The summed E-state index contributed by atoms with van der Waals surface area (Å²) in [6, 6.07) is 14.0. The second-order valence-corrected chi connectivity index (χ2v) is 9.37. The molecule has 1 saturated heterocycles. The van der Waals surface area contributed by atoms with Crippen LogP contribution in [0.4, 0.5) is 0 Å². The standard InChI is InChI=1S/C23H28N4O5S/c1-31-14-9-25-33(29,30)22-15-20(7-8-21(22)32-2)23(28)27-12-10-26(11-13-27)17-19-5-3-18(16-24)4-6-19/h3-8,15,25H,9-14,17H2,1-2H3. The molecule has 0 spiro atoms. The van der Waals surface area contributed by atoms with Crippen LogP contribution < -0.4 is 9.46 Å². The minimum Gasteiger partial charge on any atom is -0.495 e. The van der Waals surface area contributed by atoms with Crippen molar-refractivity contribution in [3.05, 3.63) is 59.2 Å². The zero-order valence-electron chi connectivity index (χ0n) is 18.8. The lowest BCUT2D eigenvalue weighted by Gasteiger charge is -2.35. The van der Waals surface area contributed by atoms with E-state index in [-0.39, 0.29) is 29.7 Å². The maximum atomic E-state index is 13.1. The highest BCUT2D eigenvalue weighted by Gasteiger charge is 2.25. The molecule has 1 aliphatic rings. The molecule has 1 amide bonds. The molecule has 0 unspecified atom stereocenters. The van der Waals surface area contributed by atoms with Crippen LogP contribution in [0.15, 0.2) is 47.4 Å². The summed E-state index contributed by atoms with van der Waals surface area (Å²) >= 11 is 0. The number of ether oxygens (including phenoxy) is 2. The molecule has 0 saturated carbocycles. The fourth-order valence-corrected chi connectivity index (χ4v) is 4.82. The van der Waals surface area contributed by atoms with Crippen molar-refractivity contribution in [2.24, 2.45) is 0 Å². The summed E-state index contributed by atoms with van der Waals surface area (Å²) in [6.45, 7) is 3.56. The first-order valence-corrected chi connectivity index (χ1v) is 12.0. The van der Waals surface area contributed by atoms with E-state index in [1.54, 1.807) is 23.1 Å². The molecule has 0 bridgehead atoms. The third-order valence-corrected chi connectivity index (χ3v) is 6.93. The Hall–Kier alpha value is -2.97. The second-order valence-electron chi connectivity index (χ2n) is 7.63. The van der Waals surface area contributed by atoms with Crippen LogP contribution in [-0.4, -0.2) is 77.7 Å². The second kappa shape index (κ2) is 11.2. The number of hydrogen-bond donors (Lipinski definition) is 1. The van der Waals surface area contributed by atoms with E-state index in [4.69, 9.17) is 14.7 Å². The summed E-state index contributed by atoms with van der Waals surface area (Å²) < 4.78 is 37.9. The Morgan fingerprint density at radius 1 is 1.09 bits per heavy atom. The van der Waals surface area contributed by atoms with Crippen LogP contribution in [0.3, 0.4) is 0 Å². The first-order valence-electron chi connectivity index (χ1n) is 10.5. The summed E-state index contributed by atoms with van der Waals surface area (Å²) in [5.41, 5.74) is 2.03. The minimum atomic E-state index is -3.86. The van der Waals surface area contributed by atoms with Gasteiger partial charge in [-0.15, -0.1) is 0 Å². The van der Waals surface area contributed by atoms with Crippen LogP contribution in [0.5, 0.6) is 5.75 Å². The molecule has 176 valence electrons. The lowest BCUT2D eigenvalue weighted by molar-refractivity contribution is 0.0628. The number of amides is 1. The summed E-state index contributed by atoms with van der Waals surface area (Å²) in [5.74, 6) is -0.0484. The van der Waals surface area contributed by atoms with Crippen molar-refractivity contribution in [2.75, 3.05) is 53.6 Å². The quantitative estimate of drug-likeness (QED) is 0.550. The molecule has 2 aromatic rings. The minimum absolute atomic E-state index is 0.0774. The number of methoxy groups -OCH3 is 2. The highest BCUT2D eigenvalue weighted by molar-refractivity contribution is 7.89. The van der Waals surface area contributed by atoms with Crippen LogP contribution >= 0.6 is 0 Å². The van der Waals surface area contributed by atoms with Crippen molar-refractivity contribution in [1.29, 1.82) is 5.26 Å². The molecule has 2 aromatic carbocycles. The average Bonchev–Trinajstić information content (AvgIpc) is 2.84. The molecule has 3 rings (SSSR count). The van der Waals surface area contributed by atoms with Crippen LogP contribution in [0, 0.1) is 11.3 Å². The maximum Gasteiger partial charge on any atom is 0.253 e. The lowest BCUT2D eigenvalue weighted by Crippen LogP contribution is -2.48. The van der Waals surface area contributed by atoms with E-state index in [1.165, 1.54) is 26.4 Å². The molecule has 9 nitrogen and oxygen atoms in total. The van der Waals surface area contributed by atoms with Crippen molar-refractivity contribution in [3.63, 3.8) is 0 Å². The summed E-state index contributed by atoms with van der Waals surface area (Å²) in [7, 11) is -0.993. The van der Waals surface area contributed by atoms with Crippen molar-refractivity contribution >= 4 is 15.9 Å². The third-order valence-electron chi connectivity index (χ3n) is 5.45. The molecule has 1 aliphatic heterocycles. The number of carbonyl (C=O) groups is 1. The Labute approximate surface area is 194 Å². The zero-order chi connectivity index (χ0) is 23.8. The maximum absolute atomic E-state index is 13.1. The van der Waals surface area contributed by atoms with E-state index in [9.17, 15) is 13.2 Å². The molecule has 1 fully saturated rings. The number of nitrogens with zero attached hydrogens (tertiary/aromatic N) is 3. The number of benzene rings is 2. The predicted octanol–water partition coefficient (Wildman–Crippen LogP) is 1.45. The zero-order valence-corrected chi connectivity index (χ0v) is 19.6. The first-order chi connectivity index (χ1) is 15.9. The Balaban J connectivity index is 1.65. The number of nitriles is 1. The van der Waals surface area contributed by atoms with E-state index >= 15 is 0 Å². The first kappa shape index (κ1) is 24.7. The van der Waals surface area contributed by atoms with E-state index in [0.717, 1.165) is 12.1 Å². The molecular formula is C23H28N4O5S. The van der Waals surface area contributed by atoms with Gasteiger partial charge < -0.3 is 14.4 Å². The normalized spacial score (nSPS) is 14.6. The molecule has 0 radical (unpaired) electrons. The summed E-state index contributed by atoms with van der Waals surface area (Å²) in [6.07, 6.45) is 0. The Morgan fingerprint density at radius 3 is 2.39 bits per heavy atom. The Morgan fingerprint density at radius 2 is 1.79 bits per heavy atom. The van der Waals surface area contributed by atoms with E-state index in [2.05, 4.69) is 15.7 Å². The van der Waals surface area contributed by atoms with Crippen LogP contribution in [0.1, 0.15) is 21.5 Å². The fraction of sp³-hybridized carbons (Fsp3) is 0.391. The number of sulfonamides is 1. The average molecular weight is 473 g/mol. The van der Waals surface area contributed by atoms with E-state index in [1.807, 2.05) is 12.1 Å². The molecular weight excluding hydrogens is 444 g/mol. The van der Waals surface area contributed by atoms with E-state index < -0.39 is 10.0 Å². The topological polar surface area (TPSA) is 112 Å². The predicted molar refractivity (Wildman–Crippen MR) is 122 cm³/mol. The SMILES string of the molecule is COCCNS(=O)(=O)c1cc(C(=O)N2CCN(Cc3ccc(C#N)cc3)CC2)ccc1OC. The van der Waals surface area contributed by atoms with E-state index in [0.29, 0.717) is 37.3 Å². The molecule has 0 aromatic heterocycles. The Bertz CT molecular complexity index is 1100. The van der Waals surface area contributed by atoms with Gasteiger partial charge in [-0.25, -0.2) is 13.1 Å². The van der Waals surface area contributed by atoms with Gasteiger partial charge >= 0.3 is 0 Å². The summed E-state index contributed by atoms with van der Waals surface area (Å²) in [5, 5.41) is 8.92. The van der Waals surface area contributed by atoms with Crippen LogP contribution in [-0.2, 0) is 21.3 Å². The summed E-state index contributed by atoms with van der Waals surface area (Å²) in [4.78, 5) is 17.0. The van der Waals surface area contributed by atoms with Gasteiger partial charge in [0.2, 0.25) is 10.0 Å². The molecule has 1 N–H and O–H groups in total. The van der Waals surface area contributed by atoms with Gasteiger partial charge in [-0.3, -0.25) is 9.69 Å². The lowest BCUT2D eigenvalue weighted by atomic mass is 10.1. The van der Waals surface area contributed by atoms with Gasteiger partial charge in [0.05, 0.1) is 25.3 Å². The fourth-order valence-electron chi connectivity index (χ4n) is 3.61. The van der Waals surface area contributed by atoms with Crippen molar-refractivity contribution in [1.82, 2.24) is 14.5 Å². The van der Waals surface area contributed by atoms with Crippen molar-refractivity contribution in [3.8, 4) is 11.8 Å². The molecule has 0 aliphatic carbocycles. The smallest absolute Gasteiger partial charge is 0.253 e.